The highest BCUT2D eigenvalue weighted by molar-refractivity contribution is 5.97. The summed E-state index contributed by atoms with van der Waals surface area (Å²) >= 11 is 0. The number of carbonyl (C=O) groups is 1. The summed E-state index contributed by atoms with van der Waals surface area (Å²) in [5, 5.41) is 0. The van der Waals surface area contributed by atoms with Gasteiger partial charge in [-0.1, -0.05) is 36.2 Å². The van der Waals surface area contributed by atoms with Crippen LogP contribution in [-0.2, 0) is 0 Å². The molecule has 108 valence electrons. The average Bonchev–Trinajstić information content (AvgIpc) is 2.48. The zero-order valence-corrected chi connectivity index (χ0v) is 12.3. The first-order chi connectivity index (χ1) is 9.72. The van der Waals surface area contributed by atoms with Crippen molar-refractivity contribution in [2.45, 2.75) is 32.2 Å². The molecule has 20 heavy (non-hydrogen) atoms. The first-order valence-electron chi connectivity index (χ1n) is 7.78. The minimum absolute atomic E-state index is 0.259. The Bertz CT molecular complexity index is 468. The first-order valence-corrected chi connectivity index (χ1v) is 7.78. The molecule has 1 aromatic carbocycles. The quantitative estimate of drug-likeness (QED) is 0.789. The third-order valence-electron chi connectivity index (χ3n) is 4.66. The van der Waals surface area contributed by atoms with E-state index in [9.17, 15) is 4.79 Å². The maximum Gasteiger partial charge on any atom is 0.176 e. The van der Waals surface area contributed by atoms with Crippen LogP contribution in [0, 0.1) is 6.92 Å². The first kappa shape index (κ1) is 13.8. The largest absolute Gasteiger partial charge is 0.298 e. The molecular weight excluding hydrogens is 248 g/mol. The van der Waals surface area contributed by atoms with Crippen LogP contribution in [0.5, 0.6) is 0 Å². The molecule has 2 saturated heterocycles. The minimum atomic E-state index is 0.259. The van der Waals surface area contributed by atoms with Gasteiger partial charge in [-0.2, -0.15) is 0 Å². The molecule has 0 radical (unpaired) electrons. The van der Waals surface area contributed by atoms with E-state index in [1.165, 1.54) is 31.4 Å². The Morgan fingerprint density at radius 1 is 1.15 bits per heavy atom. The summed E-state index contributed by atoms with van der Waals surface area (Å²) in [5.41, 5.74) is 2.05. The number of Topliss-reactive ketones (excluding diaryl/α,β-unsaturated/α-hetero) is 1. The van der Waals surface area contributed by atoms with E-state index in [0.29, 0.717) is 12.6 Å². The molecule has 3 rings (SSSR count). The van der Waals surface area contributed by atoms with Gasteiger partial charge in [-0.15, -0.1) is 0 Å². The normalized spacial score (nSPS) is 24.4. The minimum Gasteiger partial charge on any atom is -0.298 e. The van der Waals surface area contributed by atoms with Gasteiger partial charge in [-0.3, -0.25) is 14.6 Å². The molecule has 0 spiro atoms. The molecule has 0 aliphatic carbocycles. The number of carbonyl (C=O) groups excluding carboxylic acids is 1. The van der Waals surface area contributed by atoms with Gasteiger partial charge < -0.3 is 0 Å². The lowest BCUT2D eigenvalue weighted by Gasteiger charge is -2.43. The number of hydrogen-bond donors (Lipinski definition) is 0. The standard InChI is InChI=1S/C17H24N2O/c1-14-5-7-15(8-6-14)17(20)13-18-10-11-19-9-3-2-4-16(19)12-18/h5-8,16H,2-4,9-13H2,1H3. The van der Waals surface area contributed by atoms with Crippen molar-refractivity contribution in [3.8, 4) is 0 Å². The van der Waals surface area contributed by atoms with Crippen molar-refractivity contribution < 1.29 is 4.79 Å². The Morgan fingerprint density at radius 2 is 1.95 bits per heavy atom. The number of fused-ring (bicyclic) bond motifs is 1. The SMILES string of the molecule is Cc1ccc(C(=O)CN2CCN3CCCCC3C2)cc1. The summed E-state index contributed by atoms with van der Waals surface area (Å²) in [6.45, 7) is 7.12. The summed E-state index contributed by atoms with van der Waals surface area (Å²) < 4.78 is 0. The highest BCUT2D eigenvalue weighted by atomic mass is 16.1. The van der Waals surface area contributed by atoms with Crippen molar-refractivity contribution in [1.29, 1.82) is 0 Å². The third kappa shape index (κ3) is 3.10. The average molecular weight is 272 g/mol. The number of nitrogens with zero attached hydrogens (tertiary/aromatic N) is 2. The number of hydrogen-bond acceptors (Lipinski definition) is 3. The topological polar surface area (TPSA) is 23.6 Å². The van der Waals surface area contributed by atoms with Gasteiger partial charge in [0.05, 0.1) is 6.54 Å². The van der Waals surface area contributed by atoms with E-state index in [4.69, 9.17) is 0 Å². The highest BCUT2D eigenvalue weighted by Gasteiger charge is 2.29. The van der Waals surface area contributed by atoms with Crippen molar-refractivity contribution in [2.75, 3.05) is 32.7 Å². The Balaban J connectivity index is 1.58. The van der Waals surface area contributed by atoms with Crippen LogP contribution in [0.3, 0.4) is 0 Å². The molecule has 2 aliphatic heterocycles. The Labute approximate surface area is 121 Å². The molecule has 2 aliphatic rings. The lowest BCUT2D eigenvalue weighted by Crippen LogP contribution is -2.55. The van der Waals surface area contributed by atoms with Crippen LogP contribution in [0.4, 0.5) is 0 Å². The van der Waals surface area contributed by atoms with E-state index >= 15 is 0 Å². The van der Waals surface area contributed by atoms with Crippen molar-refractivity contribution in [3.05, 3.63) is 35.4 Å². The van der Waals surface area contributed by atoms with Gasteiger partial charge in [0.15, 0.2) is 5.78 Å². The van der Waals surface area contributed by atoms with Gasteiger partial charge in [0, 0.05) is 31.2 Å². The summed E-state index contributed by atoms with van der Waals surface area (Å²) in [7, 11) is 0. The molecule has 1 aromatic rings. The van der Waals surface area contributed by atoms with Crippen molar-refractivity contribution in [2.24, 2.45) is 0 Å². The smallest absolute Gasteiger partial charge is 0.176 e. The van der Waals surface area contributed by atoms with E-state index in [1.807, 2.05) is 24.3 Å². The van der Waals surface area contributed by atoms with Crippen LogP contribution in [0.1, 0.15) is 35.2 Å². The molecule has 0 saturated carbocycles. The summed E-state index contributed by atoms with van der Waals surface area (Å²) in [6, 6.07) is 8.63. The molecule has 2 fully saturated rings. The maximum absolute atomic E-state index is 12.3. The lowest BCUT2D eigenvalue weighted by molar-refractivity contribution is 0.0469. The fraction of sp³-hybridized carbons (Fsp3) is 0.588. The molecule has 0 N–H and O–H groups in total. The van der Waals surface area contributed by atoms with E-state index in [0.717, 1.165) is 25.2 Å². The van der Waals surface area contributed by atoms with Crippen molar-refractivity contribution >= 4 is 5.78 Å². The number of piperazine rings is 1. The zero-order chi connectivity index (χ0) is 13.9. The van der Waals surface area contributed by atoms with Gasteiger partial charge >= 0.3 is 0 Å². The van der Waals surface area contributed by atoms with Crippen LogP contribution in [0.25, 0.3) is 0 Å². The monoisotopic (exact) mass is 272 g/mol. The third-order valence-corrected chi connectivity index (χ3v) is 4.66. The van der Waals surface area contributed by atoms with Crippen LogP contribution in [-0.4, -0.2) is 54.3 Å². The second-order valence-electron chi connectivity index (χ2n) is 6.21. The number of benzene rings is 1. The van der Waals surface area contributed by atoms with E-state index in [-0.39, 0.29) is 5.78 Å². The summed E-state index contributed by atoms with van der Waals surface area (Å²) in [6.07, 6.45) is 3.99. The molecule has 2 heterocycles. The van der Waals surface area contributed by atoms with Gasteiger partial charge in [0.25, 0.3) is 0 Å². The predicted octanol–water partition coefficient (Wildman–Crippen LogP) is 2.35. The summed E-state index contributed by atoms with van der Waals surface area (Å²) in [4.78, 5) is 17.3. The van der Waals surface area contributed by atoms with Gasteiger partial charge in [-0.25, -0.2) is 0 Å². The molecule has 1 atom stereocenters. The van der Waals surface area contributed by atoms with E-state index in [1.54, 1.807) is 0 Å². The van der Waals surface area contributed by atoms with E-state index < -0.39 is 0 Å². The second-order valence-corrected chi connectivity index (χ2v) is 6.21. The Morgan fingerprint density at radius 3 is 2.75 bits per heavy atom. The summed E-state index contributed by atoms with van der Waals surface area (Å²) in [5.74, 6) is 0.259. The fourth-order valence-corrected chi connectivity index (χ4v) is 3.40. The van der Waals surface area contributed by atoms with Gasteiger partial charge in [0.1, 0.15) is 0 Å². The fourth-order valence-electron chi connectivity index (χ4n) is 3.40. The number of ketones is 1. The molecule has 0 aromatic heterocycles. The van der Waals surface area contributed by atoms with Crippen LogP contribution in [0.2, 0.25) is 0 Å². The van der Waals surface area contributed by atoms with Crippen molar-refractivity contribution in [3.63, 3.8) is 0 Å². The molecule has 3 heteroatoms. The van der Waals surface area contributed by atoms with E-state index in [2.05, 4.69) is 16.7 Å². The van der Waals surface area contributed by atoms with Gasteiger partial charge in [-0.05, 0) is 26.3 Å². The van der Waals surface area contributed by atoms with Crippen LogP contribution >= 0.6 is 0 Å². The zero-order valence-electron chi connectivity index (χ0n) is 12.3. The van der Waals surface area contributed by atoms with Gasteiger partial charge in [0.2, 0.25) is 0 Å². The lowest BCUT2D eigenvalue weighted by atomic mass is 9.99. The number of rotatable bonds is 3. The van der Waals surface area contributed by atoms with Crippen molar-refractivity contribution in [1.82, 2.24) is 9.80 Å². The number of piperidine rings is 1. The highest BCUT2D eigenvalue weighted by Crippen LogP contribution is 2.21. The molecule has 1 unspecified atom stereocenters. The molecule has 0 amide bonds. The molecule has 0 bridgehead atoms. The molecule has 3 nitrogen and oxygen atoms in total. The maximum atomic E-state index is 12.3. The number of aryl methyl sites for hydroxylation is 1. The predicted molar refractivity (Wildman–Crippen MR) is 81.2 cm³/mol. The van der Waals surface area contributed by atoms with Crippen LogP contribution < -0.4 is 0 Å². The Kier molecular flexibility index (Phi) is 4.18. The van der Waals surface area contributed by atoms with Crippen LogP contribution in [0.15, 0.2) is 24.3 Å². The Hall–Kier alpha value is -1.19. The molecular formula is C17H24N2O. The second kappa shape index (κ2) is 6.06.